The van der Waals surface area contributed by atoms with Crippen molar-refractivity contribution in [3.63, 3.8) is 0 Å². The molecule has 0 unspecified atom stereocenters. The van der Waals surface area contributed by atoms with Crippen molar-refractivity contribution in [2.75, 3.05) is 26.9 Å². The van der Waals surface area contributed by atoms with Crippen molar-refractivity contribution in [3.05, 3.63) is 30.1 Å². The number of ether oxygens (including phenoxy) is 2. The van der Waals surface area contributed by atoms with Gasteiger partial charge in [-0.25, -0.2) is 0 Å². The highest BCUT2D eigenvalue weighted by atomic mass is 16.5. The van der Waals surface area contributed by atoms with Crippen LogP contribution in [0.15, 0.2) is 24.5 Å². The number of hydrogen-bond donors (Lipinski definition) is 1. The zero-order chi connectivity index (χ0) is 17.7. The number of aliphatic hydroxyl groups is 1. The highest BCUT2D eigenvalue weighted by Crippen LogP contribution is 2.43. The number of aromatic nitrogens is 1. The normalized spacial score (nSPS) is 28.8. The second-order valence-electron chi connectivity index (χ2n) is 6.97. The number of carbonyl (C=O) groups excluding carboxylic acids is 1. The Morgan fingerprint density at radius 2 is 2.20 bits per heavy atom. The number of aryl methyl sites for hydroxylation is 1. The molecule has 6 nitrogen and oxygen atoms in total. The number of likely N-dealkylation sites (tertiary alicyclic amines) is 1. The number of methoxy groups -OCH3 is 1. The second kappa shape index (κ2) is 8.25. The van der Waals surface area contributed by atoms with Crippen LogP contribution in [0.4, 0.5) is 0 Å². The summed E-state index contributed by atoms with van der Waals surface area (Å²) in [5, 5.41) is 8.98. The first kappa shape index (κ1) is 18.3. The fraction of sp³-hybridized carbons (Fsp3) is 0.684. The summed E-state index contributed by atoms with van der Waals surface area (Å²) < 4.78 is 11.6. The Bertz CT molecular complexity index is 568. The van der Waals surface area contributed by atoms with Crippen LogP contribution in [-0.4, -0.2) is 65.5 Å². The lowest BCUT2D eigenvalue weighted by Crippen LogP contribution is -2.53. The van der Waals surface area contributed by atoms with E-state index in [9.17, 15) is 4.79 Å². The van der Waals surface area contributed by atoms with Crippen molar-refractivity contribution in [1.29, 1.82) is 0 Å². The minimum Gasteiger partial charge on any atom is -0.394 e. The zero-order valence-electron chi connectivity index (χ0n) is 14.9. The topological polar surface area (TPSA) is 71.9 Å². The highest BCUT2D eigenvalue weighted by molar-refractivity contribution is 5.77. The van der Waals surface area contributed by atoms with Crippen LogP contribution >= 0.6 is 0 Å². The molecule has 3 atom stereocenters. The minimum atomic E-state index is -0.231. The van der Waals surface area contributed by atoms with Crippen LogP contribution in [-0.2, 0) is 20.7 Å². The number of fused-ring (bicyclic) bond motifs is 1. The fourth-order valence-corrected chi connectivity index (χ4v) is 4.28. The number of amides is 1. The van der Waals surface area contributed by atoms with E-state index in [0.717, 1.165) is 44.2 Å². The number of rotatable bonds is 7. The second-order valence-corrected chi connectivity index (χ2v) is 6.97. The molecule has 1 saturated carbocycles. The summed E-state index contributed by atoms with van der Waals surface area (Å²) in [7, 11) is 1.76. The maximum Gasteiger partial charge on any atom is 0.223 e. The molecular weight excluding hydrogens is 320 g/mol. The van der Waals surface area contributed by atoms with E-state index in [1.54, 1.807) is 19.5 Å². The van der Waals surface area contributed by atoms with Crippen molar-refractivity contribution in [1.82, 2.24) is 9.88 Å². The number of pyridine rings is 1. The third kappa shape index (κ3) is 4.02. The standard InChI is InChI=1S/C19H28N2O4/c1-24-19-7-4-16(25-13-12-22)14-17(19)21(11-8-19)18(23)3-2-15-5-9-20-10-6-15/h5-6,9-10,16-17,22H,2-4,7-8,11-14H2,1H3/t16-,17+,19-/m0/s1. The Kier molecular flexibility index (Phi) is 6.04. The molecule has 0 bridgehead atoms. The first-order chi connectivity index (χ1) is 12.2. The summed E-state index contributed by atoms with van der Waals surface area (Å²) in [5.74, 6) is 0.184. The van der Waals surface area contributed by atoms with E-state index < -0.39 is 0 Å². The van der Waals surface area contributed by atoms with E-state index in [4.69, 9.17) is 14.6 Å². The maximum absolute atomic E-state index is 12.8. The van der Waals surface area contributed by atoms with Crippen LogP contribution in [0, 0.1) is 0 Å². The van der Waals surface area contributed by atoms with E-state index in [1.807, 2.05) is 17.0 Å². The lowest BCUT2D eigenvalue weighted by Gasteiger charge is -2.43. The van der Waals surface area contributed by atoms with Gasteiger partial charge in [0.1, 0.15) is 0 Å². The molecule has 1 N–H and O–H groups in total. The molecule has 1 aromatic rings. The summed E-state index contributed by atoms with van der Waals surface area (Å²) in [6, 6.07) is 3.98. The predicted octanol–water partition coefficient (Wildman–Crippen LogP) is 1.56. The lowest BCUT2D eigenvalue weighted by molar-refractivity contribution is -0.142. The number of aliphatic hydroxyl groups excluding tert-OH is 1. The smallest absolute Gasteiger partial charge is 0.223 e. The molecule has 1 aliphatic carbocycles. The van der Waals surface area contributed by atoms with Gasteiger partial charge in [-0.05, 0) is 49.8 Å². The SMILES string of the molecule is CO[C@]12CC[C@H](OCCO)C[C@H]1N(C(=O)CCc1ccncc1)CC2. The lowest BCUT2D eigenvalue weighted by atomic mass is 9.79. The molecule has 0 radical (unpaired) electrons. The molecule has 2 aliphatic rings. The van der Waals surface area contributed by atoms with Gasteiger partial charge in [-0.15, -0.1) is 0 Å². The highest BCUT2D eigenvalue weighted by Gasteiger charge is 2.52. The van der Waals surface area contributed by atoms with E-state index in [2.05, 4.69) is 4.98 Å². The van der Waals surface area contributed by atoms with E-state index in [0.29, 0.717) is 13.0 Å². The molecule has 3 rings (SSSR count). The molecule has 1 saturated heterocycles. The van der Waals surface area contributed by atoms with Crippen LogP contribution in [0.2, 0.25) is 0 Å². The van der Waals surface area contributed by atoms with Crippen LogP contribution in [0.5, 0.6) is 0 Å². The van der Waals surface area contributed by atoms with Crippen molar-refractivity contribution < 1.29 is 19.4 Å². The summed E-state index contributed by atoms with van der Waals surface area (Å²) in [5.41, 5.74) is 0.902. The molecule has 1 aromatic heterocycles. The first-order valence-electron chi connectivity index (χ1n) is 9.14. The Morgan fingerprint density at radius 1 is 1.40 bits per heavy atom. The van der Waals surface area contributed by atoms with Crippen LogP contribution in [0.1, 0.15) is 37.7 Å². The van der Waals surface area contributed by atoms with Crippen LogP contribution in [0.3, 0.4) is 0 Å². The van der Waals surface area contributed by atoms with E-state index in [-0.39, 0.29) is 30.3 Å². The van der Waals surface area contributed by atoms with Gasteiger partial charge in [0.05, 0.1) is 31.0 Å². The monoisotopic (exact) mass is 348 g/mol. The van der Waals surface area contributed by atoms with Gasteiger partial charge >= 0.3 is 0 Å². The summed E-state index contributed by atoms with van der Waals surface area (Å²) in [4.78, 5) is 18.8. The van der Waals surface area contributed by atoms with Crippen LogP contribution < -0.4 is 0 Å². The predicted molar refractivity (Wildman–Crippen MR) is 93.1 cm³/mol. The Balaban J connectivity index is 1.63. The van der Waals surface area contributed by atoms with E-state index >= 15 is 0 Å². The summed E-state index contributed by atoms with van der Waals surface area (Å²) in [6.45, 7) is 1.14. The summed E-state index contributed by atoms with van der Waals surface area (Å²) >= 11 is 0. The third-order valence-corrected chi connectivity index (χ3v) is 5.68. The Labute approximate surface area is 149 Å². The van der Waals surface area contributed by atoms with E-state index in [1.165, 1.54) is 0 Å². The first-order valence-corrected chi connectivity index (χ1v) is 9.14. The maximum atomic E-state index is 12.8. The molecule has 6 heteroatoms. The van der Waals surface area contributed by atoms with Gasteiger partial charge in [0.2, 0.25) is 5.91 Å². The Morgan fingerprint density at radius 3 is 2.92 bits per heavy atom. The van der Waals surface area contributed by atoms with Gasteiger partial charge < -0.3 is 19.5 Å². The minimum absolute atomic E-state index is 0.0329. The number of carbonyl (C=O) groups is 1. The van der Waals surface area contributed by atoms with Gasteiger partial charge in [-0.1, -0.05) is 0 Å². The van der Waals surface area contributed by atoms with Gasteiger partial charge in [-0.3, -0.25) is 9.78 Å². The Hall–Kier alpha value is -1.50. The molecule has 138 valence electrons. The quantitative estimate of drug-likeness (QED) is 0.810. The van der Waals surface area contributed by atoms with Gasteiger partial charge in [0, 0.05) is 32.5 Å². The molecule has 1 amide bonds. The molecule has 0 spiro atoms. The molecule has 2 fully saturated rings. The molecular formula is C19H28N2O4. The average molecular weight is 348 g/mol. The third-order valence-electron chi connectivity index (χ3n) is 5.68. The fourth-order valence-electron chi connectivity index (χ4n) is 4.28. The van der Waals surface area contributed by atoms with Crippen molar-refractivity contribution in [3.8, 4) is 0 Å². The number of nitrogens with zero attached hydrogens (tertiary/aromatic N) is 2. The van der Waals surface area contributed by atoms with Crippen molar-refractivity contribution in [2.24, 2.45) is 0 Å². The van der Waals surface area contributed by atoms with Gasteiger partial charge in [0.25, 0.3) is 0 Å². The molecule has 25 heavy (non-hydrogen) atoms. The summed E-state index contributed by atoms with van der Waals surface area (Å²) in [6.07, 6.45) is 8.34. The van der Waals surface area contributed by atoms with Crippen molar-refractivity contribution in [2.45, 2.75) is 56.3 Å². The molecule has 1 aliphatic heterocycles. The zero-order valence-corrected chi connectivity index (χ0v) is 14.9. The van der Waals surface area contributed by atoms with Gasteiger partial charge in [-0.2, -0.15) is 0 Å². The molecule has 0 aromatic carbocycles. The number of hydrogen-bond acceptors (Lipinski definition) is 5. The average Bonchev–Trinajstić information content (AvgIpc) is 3.04. The molecule has 2 heterocycles. The van der Waals surface area contributed by atoms with Crippen LogP contribution in [0.25, 0.3) is 0 Å². The van der Waals surface area contributed by atoms with Gasteiger partial charge in [0.15, 0.2) is 0 Å². The van der Waals surface area contributed by atoms with Crippen molar-refractivity contribution >= 4 is 5.91 Å². The largest absolute Gasteiger partial charge is 0.394 e.